The molecular weight excluding hydrogens is 400 g/mol. The monoisotopic (exact) mass is 417 g/mol. The molecule has 0 aliphatic carbocycles. The summed E-state index contributed by atoms with van der Waals surface area (Å²) in [5, 5.41) is 3.10. The van der Waals surface area contributed by atoms with Gasteiger partial charge in [0.1, 0.15) is 6.10 Å². The van der Waals surface area contributed by atoms with E-state index in [1.165, 1.54) is 30.5 Å². The van der Waals surface area contributed by atoms with E-state index in [1.807, 2.05) is 13.0 Å². The zero-order valence-electron chi connectivity index (χ0n) is 15.4. The van der Waals surface area contributed by atoms with Crippen molar-refractivity contribution in [3.05, 3.63) is 82.5 Å². The summed E-state index contributed by atoms with van der Waals surface area (Å²) in [6.07, 6.45) is -1.62. The van der Waals surface area contributed by atoms with Crippen molar-refractivity contribution in [1.82, 2.24) is 4.98 Å². The first-order chi connectivity index (χ1) is 13.8. The van der Waals surface area contributed by atoms with Gasteiger partial charge in [0.15, 0.2) is 11.6 Å². The van der Waals surface area contributed by atoms with E-state index in [4.69, 9.17) is 22.1 Å². The van der Waals surface area contributed by atoms with Crippen LogP contribution >= 0.6 is 11.6 Å². The summed E-state index contributed by atoms with van der Waals surface area (Å²) in [5.74, 6) is 0.0781. The largest absolute Gasteiger partial charge is 0.482 e. The number of pyridine rings is 1. The quantitative estimate of drug-likeness (QED) is 0.543. The number of nitrogens with two attached hydrogens (primary N) is 1. The molecule has 1 atom stereocenters. The van der Waals surface area contributed by atoms with Crippen molar-refractivity contribution in [3.8, 4) is 5.75 Å². The zero-order valence-corrected chi connectivity index (χ0v) is 16.2. The zero-order chi connectivity index (χ0) is 21.0. The van der Waals surface area contributed by atoms with Crippen molar-refractivity contribution in [2.75, 3.05) is 11.1 Å². The minimum Gasteiger partial charge on any atom is -0.482 e. The lowest BCUT2D eigenvalue weighted by atomic mass is 10.1. The van der Waals surface area contributed by atoms with E-state index < -0.39 is 18.4 Å². The van der Waals surface area contributed by atoms with Crippen LogP contribution in [0.2, 0.25) is 5.02 Å². The van der Waals surface area contributed by atoms with Crippen LogP contribution in [0, 0.1) is 0 Å². The molecule has 1 unspecified atom stereocenters. The highest BCUT2D eigenvalue weighted by atomic mass is 35.5. The topological polar surface area (TPSA) is 77.2 Å². The van der Waals surface area contributed by atoms with Crippen molar-refractivity contribution >= 4 is 29.0 Å². The molecule has 2 aromatic carbocycles. The van der Waals surface area contributed by atoms with E-state index in [1.54, 1.807) is 24.3 Å². The second-order valence-corrected chi connectivity index (χ2v) is 6.74. The lowest BCUT2D eigenvalue weighted by molar-refractivity contribution is 0.102. The molecule has 0 saturated heterocycles. The highest BCUT2D eigenvalue weighted by Crippen LogP contribution is 2.29. The number of benzene rings is 2. The first-order valence-electron chi connectivity index (χ1n) is 8.70. The van der Waals surface area contributed by atoms with Crippen LogP contribution in [-0.4, -0.2) is 10.9 Å². The van der Waals surface area contributed by atoms with Gasteiger partial charge in [-0.2, -0.15) is 0 Å². The molecule has 0 saturated carbocycles. The summed E-state index contributed by atoms with van der Waals surface area (Å²) < 4.78 is 31.5. The number of alkyl halides is 2. The molecule has 0 aliphatic rings. The fourth-order valence-electron chi connectivity index (χ4n) is 2.67. The number of nitrogens with zero attached hydrogens (tertiary/aromatic N) is 1. The number of ether oxygens (including phenoxy) is 1. The van der Waals surface area contributed by atoms with Gasteiger partial charge in [0.25, 0.3) is 12.3 Å². The van der Waals surface area contributed by atoms with Crippen molar-refractivity contribution in [2.24, 2.45) is 0 Å². The van der Waals surface area contributed by atoms with Crippen molar-refractivity contribution in [2.45, 2.75) is 19.5 Å². The minimum absolute atomic E-state index is 0.148. The third-order valence-electron chi connectivity index (χ3n) is 4.17. The molecule has 1 amide bonds. The molecule has 1 aromatic heterocycles. The smallest absolute Gasteiger partial charge is 0.263 e. The number of aromatic nitrogens is 1. The van der Waals surface area contributed by atoms with Crippen LogP contribution < -0.4 is 15.8 Å². The van der Waals surface area contributed by atoms with Crippen molar-refractivity contribution in [1.29, 1.82) is 0 Å². The number of carbonyl (C=O) groups is 1. The fraction of sp³-hybridized carbons (Fsp3) is 0.143. The average Bonchev–Trinajstić information content (AvgIpc) is 2.71. The summed E-state index contributed by atoms with van der Waals surface area (Å²) in [4.78, 5) is 16.4. The number of nitrogens with one attached hydrogen (secondary N) is 1. The number of halogens is 3. The molecule has 3 N–H and O–H groups in total. The number of nitrogen functional groups attached to an aromatic ring is 1. The van der Waals surface area contributed by atoms with E-state index in [0.29, 0.717) is 16.5 Å². The van der Waals surface area contributed by atoms with Gasteiger partial charge < -0.3 is 15.8 Å². The first kappa shape index (κ1) is 20.5. The summed E-state index contributed by atoms with van der Waals surface area (Å²) in [5.41, 5.74) is 7.01. The van der Waals surface area contributed by atoms with Crippen LogP contribution in [-0.2, 0) is 0 Å². The fourth-order valence-corrected chi connectivity index (χ4v) is 2.82. The van der Waals surface area contributed by atoms with Gasteiger partial charge in [0.2, 0.25) is 0 Å². The van der Waals surface area contributed by atoms with Crippen LogP contribution in [0.25, 0.3) is 0 Å². The van der Waals surface area contributed by atoms with Gasteiger partial charge in [-0.05, 0) is 36.8 Å². The van der Waals surface area contributed by atoms with Crippen molar-refractivity contribution in [3.63, 3.8) is 0 Å². The van der Waals surface area contributed by atoms with E-state index >= 15 is 0 Å². The maximum Gasteiger partial charge on any atom is 0.263 e. The summed E-state index contributed by atoms with van der Waals surface area (Å²) in [7, 11) is 0. The molecule has 0 bridgehead atoms. The predicted octanol–water partition coefficient (Wildman–Crippen LogP) is 5.65. The van der Waals surface area contributed by atoms with Gasteiger partial charge in [-0.1, -0.05) is 35.9 Å². The third-order valence-corrected chi connectivity index (χ3v) is 4.37. The lowest BCUT2D eigenvalue weighted by Gasteiger charge is -2.17. The van der Waals surface area contributed by atoms with Gasteiger partial charge in [0, 0.05) is 29.1 Å². The summed E-state index contributed by atoms with van der Waals surface area (Å²) in [6, 6.07) is 13.9. The standard InChI is InChI=1S/C21H18ClF2N3O2/c1-12(29-18-10-16(22)11-26-20(18)25)13-4-3-7-17(9-13)27-21(28)15-6-2-5-14(8-15)19(23)24/h2-12,19H,1H3,(H2,25,26)(H,27,28). The Morgan fingerprint density at radius 3 is 2.62 bits per heavy atom. The molecule has 0 aliphatic heterocycles. The number of carbonyl (C=O) groups excluding carboxylic acids is 1. The van der Waals surface area contributed by atoms with Gasteiger partial charge in [-0.15, -0.1) is 0 Å². The molecule has 5 nitrogen and oxygen atoms in total. The van der Waals surface area contributed by atoms with Gasteiger partial charge in [0.05, 0.1) is 5.02 Å². The Morgan fingerprint density at radius 1 is 1.14 bits per heavy atom. The van der Waals surface area contributed by atoms with Gasteiger partial charge in [-0.25, -0.2) is 13.8 Å². The Bertz CT molecular complexity index is 1030. The molecule has 1 heterocycles. The summed E-state index contributed by atoms with van der Waals surface area (Å²) in [6.45, 7) is 1.81. The van der Waals surface area contributed by atoms with Crippen LogP contribution in [0.4, 0.5) is 20.3 Å². The normalized spacial score (nSPS) is 11.9. The molecule has 8 heteroatoms. The Balaban J connectivity index is 1.74. The molecule has 150 valence electrons. The number of rotatable bonds is 6. The molecule has 0 spiro atoms. The Morgan fingerprint density at radius 2 is 1.86 bits per heavy atom. The first-order valence-corrected chi connectivity index (χ1v) is 9.08. The number of amides is 1. The molecule has 0 fully saturated rings. The van der Waals surface area contributed by atoms with E-state index in [0.717, 1.165) is 5.56 Å². The van der Waals surface area contributed by atoms with Crippen LogP contribution in [0.1, 0.15) is 40.9 Å². The highest BCUT2D eigenvalue weighted by molar-refractivity contribution is 6.30. The van der Waals surface area contributed by atoms with Crippen LogP contribution in [0.5, 0.6) is 5.75 Å². The molecule has 3 rings (SSSR count). The van der Waals surface area contributed by atoms with E-state index in [2.05, 4.69) is 10.3 Å². The van der Waals surface area contributed by atoms with Gasteiger partial charge in [-0.3, -0.25) is 4.79 Å². The number of hydrogen-bond acceptors (Lipinski definition) is 4. The second-order valence-electron chi connectivity index (χ2n) is 6.30. The summed E-state index contributed by atoms with van der Waals surface area (Å²) >= 11 is 5.93. The molecule has 0 radical (unpaired) electrons. The third kappa shape index (κ3) is 5.20. The number of anilines is 2. The molecule has 3 aromatic rings. The van der Waals surface area contributed by atoms with Crippen molar-refractivity contribution < 1.29 is 18.3 Å². The Kier molecular flexibility index (Phi) is 6.29. The van der Waals surface area contributed by atoms with Crippen LogP contribution in [0.3, 0.4) is 0 Å². The Labute approximate surface area is 171 Å². The van der Waals surface area contributed by atoms with Gasteiger partial charge >= 0.3 is 0 Å². The van der Waals surface area contributed by atoms with E-state index in [9.17, 15) is 13.6 Å². The molecule has 29 heavy (non-hydrogen) atoms. The average molecular weight is 418 g/mol. The molecular formula is C21H18ClF2N3O2. The SMILES string of the molecule is CC(Oc1cc(Cl)cnc1N)c1cccc(NC(=O)c2cccc(C(F)F)c2)c1. The maximum atomic E-state index is 12.8. The Hall–Kier alpha value is -3.19. The number of hydrogen-bond donors (Lipinski definition) is 2. The lowest BCUT2D eigenvalue weighted by Crippen LogP contribution is -2.13. The second kappa shape index (κ2) is 8.87. The minimum atomic E-state index is -2.64. The van der Waals surface area contributed by atoms with E-state index in [-0.39, 0.29) is 16.9 Å². The maximum absolute atomic E-state index is 12.8. The predicted molar refractivity (Wildman–Crippen MR) is 108 cm³/mol. The van der Waals surface area contributed by atoms with Crippen LogP contribution in [0.15, 0.2) is 60.8 Å². The highest BCUT2D eigenvalue weighted by Gasteiger charge is 2.14.